The number of thiophene rings is 1. The fourth-order valence-electron chi connectivity index (χ4n) is 1.57. The van der Waals surface area contributed by atoms with Crippen LogP contribution in [0.2, 0.25) is 0 Å². The summed E-state index contributed by atoms with van der Waals surface area (Å²) in [6, 6.07) is 0. The molecule has 6 heteroatoms. The third kappa shape index (κ3) is 1.51. The number of nitrogens with zero attached hydrogens (tertiary/aromatic N) is 2. The highest BCUT2D eigenvalue weighted by molar-refractivity contribution is 7.21. The van der Waals surface area contributed by atoms with Crippen LogP contribution in [0.15, 0.2) is 0 Å². The number of aromatic nitrogens is 2. The highest BCUT2D eigenvalue weighted by Gasteiger charge is 2.19. The first-order valence-corrected chi connectivity index (χ1v) is 5.47. The zero-order chi connectivity index (χ0) is 11.9. The van der Waals surface area contributed by atoms with E-state index in [0.29, 0.717) is 16.4 Å². The topological polar surface area (TPSA) is 78.1 Å². The van der Waals surface area contributed by atoms with Gasteiger partial charge in [0.15, 0.2) is 0 Å². The minimum Gasteiger partial charge on any atom is -0.465 e. The second-order valence-electron chi connectivity index (χ2n) is 3.37. The summed E-state index contributed by atoms with van der Waals surface area (Å²) in [7, 11) is 1.33. The molecule has 0 spiro atoms. The Morgan fingerprint density at radius 2 is 2.06 bits per heavy atom. The van der Waals surface area contributed by atoms with Crippen molar-refractivity contribution in [2.24, 2.45) is 0 Å². The minimum atomic E-state index is -0.433. The quantitative estimate of drug-likeness (QED) is 0.763. The summed E-state index contributed by atoms with van der Waals surface area (Å²) in [5.74, 6) is 0.236. The van der Waals surface area contributed by atoms with Crippen molar-refractivity contribution in [3.05, 3.63) is 16.4 Å². The maximum atomic E-state index is 11.5. The lowest BCUT2D eigenvalue weighted by Crippen LogP contribution is -2.02. The number of carbonyl (C=O) groups excluding carboxylic acids is 1. The molecule has 0 aliphatic heterocycles. The lowest BCUT2D eigenvalue weighted by molar-refractivity contribution is 0.0607. The third-order valence-corrected chi connectivity index (χ3v) is 3.33. The van der Waals surface area contributed by atoms with Crippen molar-refractivity contribution in [2.75, 3.05) is 12.8 Å². The number of esters is 1. The molecule has 2 N–H and O–H groups in total. The van der Waals surface area contributed by atoms with Crippen LogP contribution in [0.4, 0.5) is 5.69 Å². The number of methoxy groups -OCH3 is 1. The van der Waals surface area contributed by atoms with E-state index in [1.807, 2.05) is 6.92 Å². The molecule has 0 aromatic carbocycles. The normalized spacial score (nSPS) is 10.7. The van der Waals surface area contributed by atoms with Crippen molar-refractivity contribution in [1.82, 2.24) is 9.97 Å². The van der Waals surface area contributed by atoms with Crippen LogP contribution >= 0.6 is 11.3 Å². The molecule has 0 unspecified atom stereocenters. The van der Waals surface area contributed by atoms with Gasteiger partial charge >= 0.3 is 5.97 Å². The highest BCUT2D eigenvalue weighted by atomic mass is 32.1. The van der Waals surface area contributed by atoms with Crippen LogP contribution in [0.1, 0.15) is 21.2 Å². The largest absolute Gasteiger partial charge is 0.465 e. The van der Waals surface area contributed by atoms with E-state index in [0.717, 1.165) is 15.9 Å². The minimum absolute atomic E-state index is 0.389. The zero-order valence-corrected chi connectivity index (χ0v) is 10.0. The van der Waals surface area contributed by atoms with Gasteiger partial charge < -0.3 is 10.5 Å². The van der Waals surface area contributed by atoms with E-state index >= 15 is 0 Å². The van der Waals surface area contributed by atoms with Gasteiger partial charge in [-0.2, -0.15) is 0 Å². The van der Waals surface area contributed by atoms with Gasteiger partial charge in [-0.05, 0) is 13.8 Å². The van der Waals surface area contributed by atoms with Gasteiger partial charge in [0.1, 0.15) is 15.5 Å². The van der Waals surface area contributed by atoms with Crippen LogP contribution in [0.5, 0.6) is 0 Å². The predicted octanol–water partition coefficient (Wildman–Crippen LogP) is 1.68. The average Bonchev–Trinajstić information content (AvgIpc) is 2.54. The molecule has 0 atom stereocenters. The first-order chi connectivity index (χ1) is 7.54. The van der Waals surface area contributed by atoms with Gasteiger partial charge in [0.05, 0.1) is 23.9 Å². The molecule has 0 aliphatic rings. The van der Waals surface area contributed by atoms with Crippen molar-refractivity contribution in [3.63, 3.8) is 0 Å². The highest BCUT2D eigenvalue weighted by Crippen LogP contribution is 2.34. The summed E-state index contributed by atoms with van der Waals surface area (Å²) in [6.07, 6.45) is 0. The smallest absolute Gasteiger partial charge is 0.350 e. The van der Waals surface area contributed by atoms with Crippen molar-refractivity contribution >= 4 is 33.2 Å². The lowest BCUT2D eigenvalue weighted by Gasteiger charge is -1.98. The zero-order valence-electron chi connectivity index (χ0n) is 9.20. The van der Waals surface area contributed by atoms with Gasteiger partial charge in [-0.1, -0.05) is 0 Å². The molecule has 0 bridgehead atoms. The van der Waals surface area contributed by atoms with E-state index in [-0.39, 0.29) is 0 Å². The number of hydrogen-bond acceptors (Lipinski definition) is 6. The van der Waals surface area contributed by atoms with E-state index in [9.17, 15) is 4.79 Å². The van der Waals surface area contributed by atoms with Gasteiger partial charge in [-0.25, -0.2) is 14.8 Å². The number of aryl methyl sites for hydroxylation is 2. The Hall–Kier alpha value is -1.69. The molecule has 2 aromatic heterocycles. The number of ether oxygens (including phenoxy) is 1. The number of carbonyl (C=O) groups is 1. The molecule has 0 fully saturated rings. The molecule has 2 rings (SSSR count). The van der Waals surface area contributed by atoms with Crippen LogP contribution in [0.3, 0.4) is 0 Å². The summed E-state index contributed by atoms with van der Waals surface area (Å²) in [5, 5.41) is 0.746. The van der Waals surface area contributed by atoms with E-state index in [2.05, 4.69) is 14.7 Å². The molecule has 84 valence electrons. The van der Waals surface area contributed by atoms with Gasteiger partial charge in [0.2, 0.25) is 0 Å². The molecular weight excluding hydrogens is 226 g/mol. The van der Waals surface area contributed by atoms with Crippen LogP contribution in [-0.2, 0) is 4.74 Å². The molecule has 0 saturated heterocycles. The van der Waals surface area contributed by atoms with E-state index in [1.54, 1.807) is 6.92 Å². The lowest BCUT2D eigenvalue weighted by atomic mass is 10.2. The number of hydrogen-bond donors (Lipinski definition) is 1. The van der Waals surface area contributed by atoms with Gasteiger partial charge in [-0.15, -0.1) is 11.3 Å². The van der Waals surface area contributed by atoms with Gasteiger partial charge in [0, 0.05) is 0 Å². The number of fused-ring (bicyclic) bond motifs is 1. The van der Waals surface area contributed by atoms with Crippen molar-refractivity contribution in [3.8, 4) is 0 Å². The van der Waals surface area contributed by atoms with E-state index in [1.165, 1.54) is 18.4 Å². The third-order valence-electron chi connectivity index (χ3n) is 2.25. The Morgan fingerprint density at radius 1 is 1.38 bits per heavy atom. The number of rotatable bonds is 1. The molecule has 0 amide bonds. The molecule has 2 heterocycles. The second kappa shape index (κ2) is 3.71. The monoisotopic (exact) mass is 237 g/mol. The SMILES string of the molecule is COC(=O)c1sc2nc(C)nc(C)c2c1N. The number of anilines is 1. The molecule has 2 aromatic rings. The Kier molecular flexibility index (Phi) is 2.51. The summed E-state index contributed by atoms with van der Waals surface area (Å²) in [5.41, 5.74) is 7.09. The summed E-state index contributed by atoms with van der Waals surface area (Å²) in [6.45, 7) is 3.65. The second-order valence-corrected chi connectivity index (χ2v) is 4.37. The fourth-order valence-corrected chi connectivity index (χ4v) is 2.68. The van der Waals surface area contributed by atoms with Gasteiger partial charge in [0.25, 0.3) is 0 Å². The summed E-state index contributed by atoms with van der Waals surface area (Å²) < 4.78 is 4.66. The molecular formula is C10H11N3O2S. The Bertz CT molecular complexity index is 577. The maximum absolute atomic E-state index is 11.5. The van der Waals surface area contributed by atoms with Gasteiger partial charge in [-0.3, -0.25) is 0 Å². The standard InChI is InChI=1S/C10H11N3O2S/c1-4-6-7(11)8(10(14)15-3)16-9(6)13-5(2)12-4/h11H2,1-3H3. The molecule has 0 aliphatic carbocycles. The molecule has 0 radical (unpaired) electrons. The van der Waals surface area contributed by atoms with Crippen LogP contribution < -0.4 is 5.73 Å². The Morgan fingerprint density at radius 3 is 2.69 bits per heavy atom. The molecule has 16 heavy (non-hydrogen) atoms. The van der Waals surface area contributed by atoms with Crippen LogP contribution in [0.25, 0.3) is 10.2 Å². The van der Waals surface area contributed by atoms with Crippen LogP contribution in [0, 0.1) is 13.8 Å². The van der Waals surface area contributed by atoms with E-state index in [4.69, 9.17) is 5.73 Å². The molecule has 0 saturated carbocycles. The average molecular weight is 237 g/mol. The Balaban J connectivity index is 2.78. The van der Waals surface area contributed by atoms with Crippen LogP contribution in [-0.4, -0.2) is 23.0 Å². The van der Waals surface area contributed by atoms with Crippen molar-refractivity contribution in [1.29, 1.82) is 0 Å². The Labute approximate surface area is 96.3 Å². The number of nitrogen functional groups attached to an aromatic ring is 1. The molecule has 5 nitrogen and oxygen atoms in total. The van der Waals surface area contributed by atoms with Crippen molar-refractivity contribution in [2.45, 2.75) is 13.8 Å². The first-order valence-electron chi connectivity index (χ1n) is 4.66. The summed E-state index contributed by atoms with van der Waals surface area (Å²) >= 11 is 1.23. The number of nitrogens with two attached hydrogens (primary N) is 1. The fraction of sp³-hybridized carbons (Fsp3) is 0.300. The van der Waals surface area contributed by atoms with Crippen molar-refractivity contribution < 1.29 is 9.53 Å². The first kappa shape index (κ1) is 10.8. The predicted molar refractivity (Wildman–Crippen MR) is 62.6 cm³/mol. The van der Waals surface area contributed by atoms with E-state index < -0.39 is 5.97 Å². The maximum Gasteiger partial charge on any atom is 0.350 e. The summed E-state index contributed by atoms with van der Waals surface area (Å²) in [4.78, 5) is 21.1.